The average Bonchev–Trinajstić information content (AvgIpc) is 2.94. The van der Waals surface area contributed by atoms with Crippen molar-refractivity contribution in [1.29, 1.82) is 0 Å². The molecule has 0 spiro atoms. The zero-order valence-electron chi connectivity index (χ0n) is 14.9. The summed E-state index contributed by atoms with van der Waals surface area (Å²) in [7, 11) is 0. The molecule has 1 N–H and O–H groups in total. The van der Waals surface area contributed by atoms with Gasteiger partial charge in [-0.2, -0.15) is 0 Å². The van der Waals surface area contributed by atoms with Crippen LogP contribution in [0.4, 0.5) is 0 Å². The molecule has 25 heavy (non-hydrogen) atoms. The van der Waals surface area contributed by atoms with E-state index in [1.54, 1.807) is 13.0 Å². The highest BCUT2D eigenvalue weighted by molar-refractivity contribution is 6.07. The number of aromatic nitrogens is 2. The van der Waals surface area contributed by atoms with E-state index in [0.29, 0.717) is 35.3 Å². The van der Waals surface area contributed by atoms with E-state index in [1.807, 2.05) is 20.8 Å². The number of piperidine rings is 1. The van der Waals surface area contributed by atoms with Crippen molar-refractivity contribution in [3.63, 3.8) is 0 Å². The molecular formula is C18H23N3O4. The maximum absolute atomic E-state index is 13.2. The fraction of sp³-hybridized carbons (Fsp3) is 0.556. The monoisotopic (exact) mass is 345 g/mol. The standard InChI is InChI=1S/C18H23N3O4/c1-9(2)13-8-12(15-11(4)20-25-16(15)19-13)17(22)21-6-5-10(3)7-14(21)18(23)24/h8-10,14H,5-7H2,1-4H3,(H,23,24). The van der Waals surface area contributed by atoms with Crippen LogP contribution in [0.25, 0.3) is 11.1 Å². The third-order valence-electron chi connectivity index (χ3n) is 4.87. The van der Waals surface area contributed by atoms with Crippen molar-refractivity contribution in [2.75, 3.05) is 6.54 Å². The molecule has 7 heteroatoms. The molecule has 2 atom stereocenters. The summed E-state index contributed by atoms with van der Waals surface area (Å²) in [5, 5.41) is 14.0. The molecule has 2 unspecified atom stereocenters. The fourth-order valence-corrected chi connectivity index (χ4v) is 3.35. The number of likely N-dealkylation sites (tertiary alicyclic amines) is 1. The van der Waals surface area contributed by atoms with Crippen LogP contribution in [0.3, 0.4) is 0 Å². The van der Waals surface area contributed by atoms with E-state index in [1.165, 1.54) is 4.90 Å². The number of aliphatic carboxylic acids is 1. The summed E-state index contributed by atoms with van der Waals surface area (Å²) in [4.78, 5) is 30.8. The molecule has 134 valence electrons. The normalized spacial score (nSPS) is 21.1. The number of amides is 1. The largest absolute Gasteiger partial charge is 0.480 e. The van der Waals surface area contributed by atoms with Crippen molar-refractivity contribution < 1.29 is 19.2 Å². The second kappa shape index (κ2) is 6.46. The summed E-state index contributed by atoms with van der Waals surface area (Å²) < 4.78 is 5.26. The number of carbonyl (C=O) groups excluding carboxylic acids is 1. The van der Waals surface area contributed by atoms with Crippen LogP contribution in [0, 0.1) is 12.8 Å². The van der Waals surface area contributed by atoms with Crippen molar-refractivity contribution >= 4 is 23.0 Å². The molecule has 0 aliphatic carbocycles. The predicted molar refractivity (Wildman–Crippen MR) is 91.5 cm³/mol. The summed E-state index contributed by atoms with van der Waals surface area (Å²) in [6, 6.07) is 0.943. The minimum atomic E-state index is -0.962. The Morgan fingerprint density at radius 1 is 1.40 bits per heavy atom. The molecule has 1 fully saturated rings. The van der Waals surface area contributed by atoms with E-state index in [9.17, 15) is 14.7 Å². The number of carboxylic acids is 1. The number of nitrogens with zero attached hydrogens (tertiary/aromatic N) is 3. The SMILES string of the molecule is Cc1noc2nc(C(C)C)cc(C(=O)N3CCC(C)CC3C(=O)O)c12. The van der Waals surface area contributed by atoms with Crippen LogP contribution in [0.1, 0.15) is 61.3 Å². The highest BCUT2D eigenvalue weighted by atomic mass is 16.5. The van der Waals surface area contributed by atoms with Crippen LogP contribution in [0.5, 0.6) is 0 Å². The molecule has 1 amide bonds. The molecule has 3 rings (SSSR count). The van der Waals surface area contributed by atoms with Crippen LogP contribution in [0.2, 0.25) is 0 Å². The van der Waals surface area contributed by atoms with Gasteiger partial charge in [-0.1, -0.05) is 25.9 Å². The van der Waals surface area contributed by atoms with E-state index < -0.39 is 12.0 Å². The van der Waals surface area contributed by atoms with Gasteiger partial charge in [0.2, 0.25) is 0 Å². The molecule has 0 radical (unpaired) electrons. The van der Waals surface area contributed by atoms with Gasteiger partial charge < -0.3 is 14.5 Å². The van der Waals surface area contributed by atoms with Crippen LogP contribution in [-0.2, 0) is 4.79 Å². The minimum absolute atomic E-state index is 0.109. The predicted octanol–water partition coefficient (Wildman–Crippen LogP) is 2.98. The number of fused-ring (bicyclic) bond motifs is 1. The second-order valence-corrected chi connectivity index (χ2v) is 7.18. The number of rotatable bonds is 3. The number of aryl methyl sites for hydroxylation is 1. The quantitative estimate of drug-likeness (QED) is 0.918. The molecule has 1 aliphatic rings. The highest BCUT2D eigenvalue weighted by Crippen LogP contribution is 2.29. The van der Waals surface area contributed by atoms with Gasteiger partial charge in [-0.15, -0.1) is 0 Å². The Balaban J connectivity index is 2.09. The van der Waals surface area contributed by atoms with Crippen molar-refractivity contribution in [2.24, 2.45) is 5.92 Å². The van der Waals surface area contributed by atoms with Crippen LogP contribution in [0.15, 0.2) is 10.6 Å². The molecule has 0 saturated carbocycles. The lowest BCUT2D eigenvalue weighted by molar-refractivity contribution is -0.144. The van der Waals surface area contributed by atoms with E-state index in [4.69, 9.17) is 4.52 Å². The molecule has 1 saturated heterocycles. The first-order valence-corrected chi connectivity index (χ1v) is 8.60. The van der Waals surface area contributed by atoms with Gasteiger partial charge in [0.1, 0.15) is 6.04 Å². The maximum atomic E-state index is 13.2. The lowest BCUT2D eigenvalue weighted by atomic mass is 9.91. The lowest BCUT2D eigenvalue weighted by Gasteiger charge is -2.36. The van der Waals surface area contributed by atoms with Crippen molar-refractivity contribution in [3.8, 4) is 0 Å². The smallest absolute Gasteiger partial charge is 0.326 e. The summed E-state index contributed by atoms with van der Waals surface area (Å²) in [6.07, 6.45) is 1.26. The first-order valence-electron chi connectivity index (χ1n) is 8.60. The molecule has 1 aliphatic heterocycles. The zero-order chi connectivity index (χ0) is 18.3. The Morgan fingerprint density at radius 3 is 2.76 bits per heavy atom. The third-order valence-corrected chi connectivity index (χ3v) is 4.87. The molecule has 2 aromatic rings. The average molecular weight is 345 g/mol. The summed E-state index contributed by atoms with van der Waals surface area (Å²) >= 11 is 0. The topological polar surface area (TPSA) is 96.5 Å². The van der Waals surface area contributed by atoms with E-state index in [-0.39, 0.29) is 17.7 Å². The number of carboxylic acid groups (broad SMARTS) is 1. The van der Waals surface area contributed by atoms with Gasteiger partial charge in [0.05, 0.1) is 16.6 Å². The molecule has 2 aromatic heterocycles. The minimum Gasteiger partial charge on any atom is -0.480 e. The van der Waals surface area contributed by atoms with Gasteiger partial charge in [0.25, 0.3) is 11.6 Å². The molecule has 3 heterocycles. The molecular weight excluding hydrogens is 322 g/mol. The molecule has 0 bridgehead atoms. The van der Waals surface area contributed by atoms with Crippen LogP contribution >= 0.6 is 0 Å². The van der Waals surface area contributed by atoms with Gasteiger partial charge in [-0.05, 0) is 37.7 Å². The Labute approximate surface area is 146 Å². The Bertz CT molecular complexity index is 827. The lowest BCUT2D eigenvalue weighted by Crippen LogP contribution is -2.49. The fourth-order valence-electron chi connectivity index (χ4n) is 3.35. The Morgan fingerprint density at radius 2 is 2.12 bits per heavy atom. The summed E-state index contributed by atoms with van der Waals surface area (Å²) in [5.74, 6) is -0.861. The number of hydrogen-bond donors (Lipinski definition) is 1. The van der Waals surface area contributed by atoms with Crippen LogP contribution in [-0.4, -0.2) is 44.6 Å². The molecule has 0 aromatic carbocycles. The van der Waals surface area contributed by atoms with Gasteiger partial charge in [-0.3, -0.25) is 4.79 Å². The first kappa shape index (κ1) is 17.4. The Kier molecular flexibility index (Phi) is 4.49. The highest BCUT2D eigenvalue weighted by Gasteiger charge is 2.36. The summed E-state index contributed by atoms with van der Waals surface area (Å²) in [6.45, 7) is 8.17. The number of hydrogen-bond acceptors (Lipinski definition) is 5. The van der Waals surface area contributed by atoms with Crippen LogP contribution < -0.4 is 0 Å². The van der Waals surface area contributed by atoms with Crippen molar-refractivity contribution in [3.05, 3.63) is 23.0 Å². The number of carbonyl (C=O) groups is 2. The number of pyridine rings is 1. The third kappa shape index (κ3) is 3.10. The summed E-state index contributed by atoms with van der Waals surface area (Å²) in [5.41, 5.74) is 2.06. The van der Waals surface area contributed by atoms with E-state index in [0.717, 1.165) is 12.1 Å². The Hall–Kier alpha value is -2.44. The maximum Gasteiger partial charge on any atom is 0.326 e. The van der Waals surface area contributed by atoms with Crippen molar-refractivity contribution in [1.82, 2.24) is 15.0 Å². The van der Waals surface area contributed by atoms with E-state index >= 15 is 0 Å². The van der Waals surface area contributed by atoms with Gasteiger partial charge in [0, 0.05) is 12.2 Å². The van der Waals surface area contributed by atoms with Crippen molar-refractivity contribution in [2.45, 2.75) is 52.5 Å². The first-order chi connectivity index (χ1) is 11.8. The zero-order valence-corrected chi connectivity index (χ0v) is 14.9. The second-order valence-electron chi connectivity index (χ2n) is 7.18. The van der Waals surface area contributed by atoms with Gasteiger partial charge in [0.15, 0.2) is 0 Å². The van der Waals surface area contributed by atoms with Gasteiger partial charge in [-0.25, -0.2) is 9.78 Å². The van der Waals surface area contributed by atoms with E-state index in [2.05, 4.69) is 10.1 Å². The van der Waals surface area contributed by atoms with Gasteiger partial charge >= 0.3 is 5.97 Å². The molecule has 7 nitrogen and oxygen atoms in total.